The molecule has 1 atom stereocenters. The Morgan fingerprint density at radius 2 is 1.86 bits per heavy atom. The molecule has 0 amide bonds. The van der Waals surface area contributed by atoms with Gasteiger partial charge in [-0.2, -0.15) is 0 Å². The summed E-state index contributed by atoms with van der Waals surface area (Å²) < 4.78 is 14.1. The highest BCUT2D eigenvalue weighted by molar-refractivity contribution is 5.81. The van der Waals surface area contributed by atoms with Crippen molar-refractivity contribution in [1.29, 1.82) is 0 Å². The van der Waals surface area contributed by atoms with Gasteiger partial charge in [-0.1, -0.05) is 6.92 Å². The Morgan fingerprint density at radius 1 is 1.21 bits per heavy atom. The van der Waals surface area contributed by atoms with Crippen molar-refractivity contribution in [2.24, 2.45) is 0 Å². The van der Waals surface area contributed by atoms with Gasteiger partial charge in [0.15, 0.2) is 6.10 Å². The first-order valence-corrected chi connectivity index (χ1v) is 4.41. The highest BCUT2D eigenvalue weighted by atomic mass is 16.6. The molecular formula is C9H16O5. The van der Waals surface area contributed by atoms with Gasteiger partial charge in [0.05, 0.1) is 20.6 Å². The van der Waals surface area contributed by atoms with Crippen LogP contribution in [0.3, 0.4) is 0 Å². The summed E-state index contributed by atoms with van der Waals surface area (Å²) in [6.07, 6.45) is -0.190. The number of carbonyl (C=O) groups is 2. The molecule has 0 spiro atoms. The van der Waals surface area contributed by atoms with E-state index >= 15 is 0 Å². The zero-order valence-corrected chi connectivity index (χ0v) is 8.74. The fourth-order valence-corrected chi connectivity index (χ4v) is 0.837. The number of hydrogen-bond acceptors (Lipinski definition) is 5. The van der Waals surface area contributed by atoms with Crippen molar-refractivity contribution in [3.8, 4) is 0 Å². The van der Waals surface area contributed by atoms with Gasteiger partial charge in [0.25, 0.3) is 0 Å². The van der Waals surface area contributed by atoms with Crippen LogP contribution in [0, 0.1) is 0 Å². The van der Waals surface area contributed by atoms with Gasteiger partial charge < -0.3 is 14.2 Å². The third-order valence-corrected chi connectivity index (χ3v) is 1.57. The summed E-state index contributed by atoms with van der Waals surface area (Å²) in [4.78, 5) is 22.0. The molecule has 0 bridgehead atoms. The van der Waals surface area contributed by atoms with Crippen LogP contribution in [0.1, 0.15) is 19.8 Å². The van der Waals surface area contributed by atoms with Crippen molar-refractivity contribution >= 4 is 11.9 Å². The van der Waals surface area contributed by atoms with E-state index < -0.39 is 18.0 Å². The molecule has 0 aromatic carbocycles. The molecule has 0 radical (unpaired) electrons. The van der Waals surface area contributed by atoms with Crippen LogP contribution in [0.2, 0.25) is 0 Å². The Balaban J connectivity index is 4.09. The molecule has 0 fully saturated rings. The molecule has 5 heteroatoms. The van der Waals surface area contributed by atoms with Crippen LogP contribution in [0.4, 0.5) is 0 Å². The van der Waals surface area contributed by atoms with Crippen LogP contribution < -0.4 is 0 Å². The zero-order chi connectivity index (χ0) is 11.0. The quantitative estimate of drug-likeness (QED) is 0.590. The summed E-state index contributed by atoms with van der Waals surface area (Å²) >= 11 is 0. The Kier molecular flexibility index (Phi) is 6.74. The van der Waals surface area contributed by atoms with Crippen LogP contribution in [0.25, 0.3) is 0 Å². The predicted molar refractivity (Wildman–Crippen MR) is 48.7 cm³/mol. The molecule has 5 nitrogen and oxygen atoms in total. The number of hydrogen-bond donors (Lipinski definition) is 0. The highest BCUT2D eigenvalue weighted by Gasteiger charge is 2.23. The number of methoxy groups -OCH3 is 2. The van der Waals surface area contributed by atoms with E-state index in [4.69, 9.17) is 4.74 Å². The lowest BCUT2D eigenvalue weighted by atomic mass is 10.2. The number of ether oxygens (including phenoxy) is 3. The minimum absolute atomic E-state index is 0.108. The van der Waals surface area contributed by atoms with Gasteiger partial charge in [0.1, 0.15) is 0 Å². The van der Waals surface area contributed by atoms with Crippen molar-refractivity contribution in [1.82, 2.24) is 0 Å². The molecule has 0 saturated carbocycles. The molecule has 0 aromatic heterocycles. The lowest BCUT2D eigenvalue weighted by Gasteiger charge is -2.13. The van der Waals surface area contributed by atoms with Crippen molar-refractivity contribution in [2.75, 3.05) is 20.8 Å². The first kappa shape index (κ1) is 12.9. The zero-order valence-electron chi connectivity index (χ0n) is 8.74. The van der Waals surface area contributed by atoms with E-state index in [1.807, 2.05) is 6.92 Å². The maximum atomic E-state index is 11.1. The topological polar surface area (TPSA) is 61.8 Å². The van der Waals surface area contributed by atoms with E-state index in [0.717, 1.165) is 6.42 Å². The van der Waals surface area contributed by atoms with E-state index in [9.17, 15) is 9.59 Å². The standard InChI is InChI=1S/C9H16O5/c1-4-5-14-7(9(11)13-3)6-8(10)12-2/h7H,4-6H2,1-3H3/t7-/m1/s1. The molecule has 0 rings (SSSR count). The average molecular weight is 204 g/mol. The van der Waals surface area contributed by atoms with Gasteiger partial charge in [0, 0.05) is 6.61 Å². The molecule has 0 heterocycles. The lowest BCUT2D eigenvalue weighted by molar-refractivity contribution is -0.160. The van der Waals surface area contributed by atoms with E-state index in [2.05, 4.69) is 9.47 Å². The minimum Gasteiger partial charge on any atom is -0.469 e. The van der Waals surface area contributed by atoms with Gasteiger partial charge in [0.2, 0.25) is 0 Å². The highest BCUT2D eigenvalue weighted by Crippen LogP contribution is 2.03. The second-order valence-electron chi connectivity index (χ2n) is 2.66. The monoisotopic (exact) mass is 204 g/mol. The Labute approximate surface area is 83.3 Å². The number of esters is 2. The molecule has 82 valence electrons. The largest absolute Gasteiger partial charge is 0.469 e. The van der Waals surface area contributed by atoms with Crippen LogP contribution >= 0.6 is 0 Å². The summed E-state index contributed by atoms with van der Waals surface area (Å²) in [5.74, 6) is -1.04. The summed E-state index contributed by atoms with van der Waals surface area (Å²) in [7, 11) is 2.51. The van der Waals surface area contributed by atoms with E-state index in [0.29, 0.717) is 6.61 Å². The van der Waals surface area contributed by atoms with Crippen molar-refractivity contribution in [3.05, 3.63) is 0 Å². The van der Waals surface area contributed by atoms with Crippen LogP contribution in [0.5, 0.6) is 0 Å². The lowest BCUT2D eigenvalue weighted by Crippen LogP contribution is -2.29. The molecule has 0 saturated heterocycles. The third kappa shape index (κ3) is 4.81. The molecule has 0 aromatic rings. The molecule has 0 aliphatic rings. The number of carbonyl (C=O) groups excluding carboxylic acids is 2. The Hall–Kier alpha value is -1.10. The first-order valence-electron chi connectivity index (χ1n) is 4.41. The van der Waals surface area contributed by atoms with Crippen LogP contribution in [0.15, 0.2) is 0 Å². The van der Waals surface area contributed by atoms with Gasteiger partial charge in [-0.05, 0) is 6.42 Å². The molecular weight excluding hydrogens is 188 g/mol. The Morgan fingerprint density at radius 3 is 2.29 bits per heavy atom. The summed E-state index contributed by atoms with van der Waals surface area (Å²) in [6.45, 7) is 2.32. The molecule has 0 aliphatic carbocycles. The van der Waals surface area contributed by atoms with Gasteiger partial charge in [-0.15, -0.1) is 0 Å². The predicted octanol–water partition coefficient (Wildman–Crippen LogP) is 0.518. The fraction of sp³-hybridized carbons (Fsp3) is 0.778. The minimum atomic E-state index is -0.854. The first-order chi connectivity index (χ1) is 6.65. The Bertz CT molecular complexity index is 190. The second-order valence-corrected chi connectivity index (χ2v) is 2.66. The van der Waals surface area contributed by atoms with E-state index in [1.54, 1.807) is 0 Å². The summed E-state index contributed by atoms with van der Waals surface area (Å²) in [6, 6.07) is 0. The molecule has 0 aliphatic heterocycles. The van der Waals surface area contributed by atoms with Crippen molar-refractivity contribution < 1.29 is 23.8 Å². The normalized spacial score (nSPS) is 11.9. The smallest absolute Gasteiger partial charge is 0.335 e. The maximum absolute atomic E-state index is 11.1. The van der Waals surface area contributed by atoms with Crippen molar-refractivity contribution in [2.45, 2.75) is 25.9 Å². The van der Waals surface area contributed by atoms with Crippen LogP contribution in [-0.2, 0) is 23.8 Å². The van der Waals surface area contributed by atoms with Gasteiger partial charge in [-0.3, -0.25) is 4.79 Å². The van der Waals surface area contributed by atoms with Gasteiger partial charge in [-0.25, -0.2) is 4.79 Å². The summed E-state index contributed by atoms with van der Waals surface area (Å²) in [5, 5.41) is 0. The molecule has 14 heavy (non-hydrogen) atoms. The maximum Gasteiger partial charge on any atom is 0.335 e. The van der Waals surface area contributed by atoms with Gasteiger partial charge >= 0.3 is 11.9 Å². The molecule has 0 unspecified atom stereocenters. The SMILES string of the molecule is CCCO[C@H](CC(=O)OC)C(=O)OC. The number of rotatable bonds is 6. The van der Waals surface area contributed by atoms with Crippen molar-refractivity contribution in [3.63, 3.8) is 0 Å². The fourth-order valence-electron chi connectivity index (χ4n) is 0.837. The summed E-state index contributed by atoms with van der Waals surface area (Å²) in [5.41, 5.74) is 0. The van der Waals surface area contributed by atoms with E-state index in [1.165, 1.54) is 14.2 Å². The molecule has 0 N–H and O–H groups in total. The third-order valence-electron chi connectivity index (χ3n) is 1.57. The second kappa shape index (κ2) is 7.32. The van der Waals surface area contributed by atoms with Crippen LogP contribution in [-0.4, -0.2) is 38.9 Å². The average Bonchev–Trinajstić information content (AvgIpc) is 2.22. The van der Waals surface area contributed by atoms with E-state index in [-0.39, 0.29) is 6.42 Å².